The highest BCUT2D eigenvalue weighted by molar-refractivity contribution is 5.24. The zero-order chi connectivity index (χ0) is 10.4. The third-order valence-electron chi connectivity index (χ3n) is 1.86. The smallest absolute Gasteiger partial charge is 0.268 e. The molecule has 3 heteroatoms. The van der Waals surface area contributed by atoms with Gasteiger partial charge in [0.25, 0.3) is 5.56 Å². The highest BCUT2D eigenvalue weighted by Gasteiger charge is 2.00. The van der Waals surface area contributed by atoms with Gasteiger partial charge in [0.05, 0.1) is 0 Å². The van der Waals surface area contributed by atoms with Crippen LogP contribution in [0, 0.1) is 23.7 Å². The fourth-order valence-corrected chi connectivity index (χ4v) is 1.15. The van der Waals surface area contributed by atoms with E-state index in [1.807, 2.05) is 6.07 Å². The summed E-state index contributed by atoms with van der Waals surface area (Å²) in [5.74, 6) is 2.51. The third-order valence-corrected chi connectivity index (χ3v) is 1.86. The van der Waals surface area contributed by atoms with Crippen LogP contribution in [-0.2, 0) is 6.54 Å². The summed E-state index contributed by atoms with van der Waals surface area (Å²) in [6, 6.07) is 5.06. The fourth-order valence-electron chi connectivity index (χ4n) is 1.15. The van der Waals surface area contributed by atoms with Crippen molar-refractivity contribution in [3.05, 3.63) is 34.2 Å². The molecule has 0 aliphatic heterocycles. The Labute approximate surface area is 82.6 Å². The number of nitrogens with zero attached hydrogens (tertiary/aromatic N) is 2. The number of terminal acetylenes is 1. The Hall–Kier alpha value is -2.00. The summed E-state index contributed by atoms with van der Waals surface area (Å²) in [5.41, 5.74) is -0.0692. The van der Waals surface area contributed by atoms with E-state index in [0.29, 0.717) is 13.0 Å². The Bertz CT molecular complexity index is 446. The minimum atomic E-state index is -0.243. The maximum absolute atomic E-state index is 11.5. The third kappa shape index (κ3) is 2.24. The quantitative estimate of drug-likeness (QED) is 0.524. The average molecular weight is 186 g/mol. The minimum absolute atomic E-state index is 0.174. The maximum Gasteiger partial charge on any atom is 0.268 e. The second-order valence-corrected chi connectivity index (χ2v) is 2.84. The monoisotopic (exact) mass is 186 g/mol. The molecule has 0 spiro atoms. The van der Waals surface area contributed by atoms with Gasteiger partial charge < -0.3 is 4.57 Å². The number of hydrogen-bond acceptors (Lipinski definition) is 2. The highest BCUT2D eigenvalue weighted by atomic mass is 16.1. The molecule has 1 aromatic heterocycles. The van der Waals surface area contributed by atoms with Crippen molar-refractivity contribution in [3.8, 4) is 18.4 Å². The van der Waals surface area contributed by atoms with E-state index in [1.165, 1.54) is 10.6 Å². The van der Waals surface area contributed by atoms with Gasteiger partial charge in [-0.3, -0.25) is 4.79 Å². The van der Waals surface area contributed by atoms with Crippen molar-refractivity contribution in [3.63, 3.8) is 0 Å². The zero-order valence-electron chi connectivity index (χ0n) is 7.73. The summed E-state index contributed by atoms with van der Waals surface area (Å²) in [6.07, 6.45) is 8.16. The molecule has 0 saturated carbocycles. The molecule has 70 valence electrons. The summed E-state index contributed by atoms with van der Waals surface area (Å²) in [5, 5.41) is 8.62. The molecule has 0 amide bonds. The van der Waals surface area contributed by atoms with Crippen LogP contribution in [0.15, 0.2) is 23.1 Å². The van der Waals surface area contributed by atoms with E-state index in [4.69, 9.17) is 11.7 Å². The Morgan fingerprint density at radius 1 is 1.57 bits per heavy atom. The zero-order valence-corrected chi connectivity index (χ0v) is 7.73. The number of pyridine rings is 1. The standard InChI is InChI=1S/C11H10N2O/c1-2-3-4-7-13-8-5-6-10(9-12)11(13)14/h1,5-6,8H,3-4,7H2. The van der Waals surface area contributed by atoms with Crippen LogP contribution in [0.2, 0.25) is 0 Å². The predicted octanol–water partition coefficient (Wildman–Crippen LogP) is 1.13. The first-order chi connectivity index (χ1) is 6.79. The van der Waals surface area contributed by atoms with Gasteiger partial charge in [-0.15, -0.1) is 12.3 Å². The predicted molar refractivity (Wildman–Crippen MR) is 53.5 cm³/mol. The van der Waals surface area contributed by atoms with Gasteiger partial charge in [0.2, 0.25) is 0 Å². The molecule has 14 heavy (non-hydrogen) atoms. The molecule has 0 fully saturated rings. The van der Waals surface area contributed by atoms with Gasteiger partial charge in [0.15, 0.2) is 0 Å². The van der Waals surface area contributed by atoms with Crippen LogP contribution in [0.1, 0.15) is 18.4 Å². The number of nitriles is 1. The van der Waals surface area contributed by atoms with Crippen molar-refractivity contribution in [2.24, 2.45) is 0 Å². The van der Waals surface area contributed by atoms with Crippen LogP contribution in [0.25, 0.3) is 0 Å². The molecule has 0 N–H and O–H groups in total. The normalized spacial score (nSPS) is 9.00. The van der Waals surface area contributed by atoms with Crippen molar-refractivity contribution >= 4 is 0 Å². The molecule has 1 heterocycles. The second kappa shape index (κ2) is 4.89. The van der Waals surface area contributed by atoms with Gasteiger partial charge in [-0.2, -0.15) is 5.26 Å². The molecule has 0 aromatic carbocycles. The van der Waals surface area contributed by atoms with E-state index in [2.05, 4.69) is 5.92 Å². The van der Waals surface area contributed by atoms with Crippen molar-refractivity contribution in [2.45, 2.75) is 19.4 Å². The summed E-state index contributed by atoms with van der Waals surface area (Å²) in [4.78, 5) is 11.5. The lowest BCUT2D eigenvalue weighted by Gasteiger charge is -2.02. The lowest BCUT2D eigenvalue weighted by molar-refractivity contribution is 0.632. The minimum Gasteiger partial charge on any atom is -0.314 e. The van der Waals surface area contributed by atoms with Gasteiger partial charge in [0.1, 0.15) is 11.6 Å². The molecule has 0 aliphatic carbocycles. The molecule has 0 radical (unpaired) electrons. The van der Waals surface area contributed by atoms with Crippen molar-refractivity contribution in [1.82, 2.24) is 4.57 Å². The molecule has 0 unspecified atom stereocenters. The van der Waals surface area contributed by atoms with Gasteiger partial charge in [-0.1, -0.05) is 0 Å². The van der Waals surface area contributed by atoms with Gasteiger partial charge in [-0.25, -0.2) is 0 Å². The molecular weight excluding hydrogens is 176 g/mol. The summed E-state index contributed by atoms with van der Waals surface area (Å²) >= 11 is 0. The SMILES string of the molecule is C#CCCCn1cccc(C#N)c1=O. The van der Waals surface area contributed by atoms with E-state index in [-0.39, 0.29) is 11.1 Å². The fraction of sp³-hybridized carbons (Fsp3) is 0.273. The van der Waals surface area contributed by atoms with Gasteiger partial charge in [0, 0.05) is 19.2 Å². The summed E-state index contributed by atoms with van der Waals surface area (Å²) < 4.78 is 1.51. The second-order valence-electron chi connectivity index (χ2n) is 2.84. The average Bonchev–Trinajstić information content (AvgIpc) is 2.21. The number of rotatable bonds is 3. The first-order valence-corrected chi connectivity index (χ1v) is 4.32. The van der Waals surface area contributed by atoms with Crippen molar-refractivity contribution in [1.29, 1.82) is 5.26 Å². The Morgan fingerprint density at radius 3 is 3.00 bits per heavy atom. The maximum atomic E-state index is 11.5. The number of aryl methyl sites for hydroxylation is 1. The van der Waals surface area contributed by atoms with Crippen molar-refractivity contribution < 1.29 is 0 Å². The van der Waals surface area contributed by atoms with Crippen LogP contribution < -0.4 is 5.56 Å². The van der Waals surface area contributed by atoms with E-state index < -0.39 is 0 Å². The molecule has 0 bridgehead atoms. The number of aromatic nitrogens is 1. The number of hydrogen-bond donors (Lipinski definition) is 0. The van der Waals surface area contributed by atoms with Gasteiger partial charge >= 0.3 is 0 Å². The van der Waals surface area contributed by atoms with Gasteiger partial charge in [-0.05, 0) is 18.6 Å². The van der Waals surface area contributed by atoms with Crippen LogP contribution in [-0.4, -0.2) is 4.57 Å². The number of unbranched alkanes of at least 4 members (excludes halogenated alkanes) is 1. The largest absolute Gasteiger partial charge is 0.314 e. The highest BCUT2D eigenvalue weighted by Crippen LogP contribution is 1.94. The lowest BCUT2D eigenvalue weighted by atomic mass is 10.3. The van der Waals surface area contributed by atoms with E-state index in [1.54, 1.807) is 12.3 Å². The first kappa shape index (κ1) is 10.1. The molecular formula is C11H10N2O. The van der Waals surface area contributed by atoms with Crippen LogP contribution in [0.5, 0.6) is 0 Å². The summed E-state index contributed by atoms with van der Waals surface area (Å²) in [7, 11) is 0. The lowest BCUT2D eigenvalue weighted by Crippen LogP contribution is -2.21. The molecule has 1 aromatic rings. The Balaban J connectivity index is 2.85. The topological polar surface area (TPSA) is 45.8 Å². The molecule has 1 rings (SSSR count). The van der Waals surface area contributed by atoms with Crippen LogP contribution >= 0.6 is 0 Å². The molecule has 0 atom stereocenters. The summed E-state index contributed by atoms with van der Waals surface area (Å²) in [6.45, 7) is 0.568. The Morgan fingerprint density at radius 2 is 2.36 bits per heavy atom. The van der Waals surface area contributed by atoms with Crippen molar-refractivity contribution in [2.75, 3.05) is 0 Å². The van der Waals surface area contributed by atoms with E-state index in [0.717, 1.165) is 6.42 Å². The Kier molecular flexibility index (Phi) is 3.52. The first-order valence-electron chi connectivity index (χ1n) is 4.32. The van der Waals surface area contributed by atoms with E-state index in [9.17, 15) is 4.79 Å². The molecule has 3 nitrogen and oxygen atoms in total. The van der Waals surface area contributed by atoms with Crippen LogP contribution in [0.4, 0.5) is 0 Å². The molecule has 0 aliphatic rings. The molecule has 0 saturated heterocycles. The van der Waals surface area contributed by atoms with Crippen LogP contribution in [0.3, 0.4) is 0 Å². The van der Waals surface area contributed by atoms with E-state index >= 15 is 0 Å².